The molecule has 0 fully saturated rings. The van der Waals surface area contributed by atoms with Gasteiger partial charge in [0.2, 0.25) is 5.91 Å². The smallest absolute Gasteiger partial charge is 0.248 e. The van der Waals surface area contributed by atoms with Gasteiger partial charge in [0.05, 0.1) is 6.20 Å². The van der Waals surface area contributed by atoms with Crippen LogP contribution in [-0.4, -0.2) is 34.9 Å². The zero-order valence-corrected chi connectivity index (χ0v) is 10.8. The first-order valence-corrected chi connectivity index (χ1v) is 6.00. The van der Waals surface area contributed by atoms with Crippen LogP contribution in [0.25, 0.3) is 0 Å². The zero-order chi connectivity index (χ0) is 12.7. The number of hydrogen-bond acceptors (Lipinski definition) is 3. The lowest BCUT2D eigenvalue weighted by Crippen LogP contribution is -2.35. The summed E-state index contributed by atoms with van der Waals surface area (Å²) >= 11 is 0. The highest BCUT2D eigenvalue weighted by molar-refractivity contribution is 5.80. The van der Waals surface area contributed by atoms with Gasteiger partial charge in [-0.25, -0.2) is 0 Å². The Balaban J connectivity index is 2.13. The van der Waals surface area contributed by atoms with Crippen molar-refractivity contribution in [2.75, 3.05) is 13.2 Å². The van der Waals surface area contributed by atoms with E-state index in [1.165, 1.54) is 5.56 Å². The van der Waals surface area contributed by atoms with Crippen LogP contribution in [0, 0.1) is 0 Å². The minimum Gasteiger partial charge on any atom is -0.369 e. The summed E-state index contributed by atoms with van der Waals surface area (Å²) in [6.45, 7) is 4.88. The van der Waals surface area contributed by atoms with Gasteiger partial charge in [0.15, 0.2) is 0 Å². The molecule has 1 rings (SSSR count). The molecule has 0 spiro atoms. The second-order valence-electron chi connectivity index (χ2n) is 4.01. The number of hydrogen-bond donors (Lipinski definition) is 1. The van der Waals surface area contributed by atoms with E-state index in [1.807, 2.05) is 26.4 Å². The van der Waals surface area contributed by atoms with E-state index in [0.29, 0.717) is 13.2 Å². The molecular weight excluding hydrogens is 218 g/mol. The molecule has 1 N–H and O–H groups in total. The molecule has 96 valence electrons. The van der Waals surface area contributed by atoms with Gasteiger partial charge < -0.3 is 10.1 Å². The van der Waals surface area contributed by atoms with Crippen molar-refractivity contribution >= 4 is 5.91 Å². The lowest BCUT2D eigenvalue weighted by molar-refractivity contribution is -0.131. The van der Waals surface area contributed by atoms with Gasteiger partial charge in [0, 0.05) is 26.4 Å². The maximum atomic E-state index is 11.5. The lowest BCUT2D eigenvalue weighted by atomic mass is 10.2. The summed E-state index contributed by atoms with van der Waals surface area (Å²) in [5.74, 6) is -0.0435. The maximum Gasteiger partial charge on any atom is 0.248 e. The van der Waals surface area contributed by atoms with Crippen molar-refractivity contribution in [3.8, 4) is 0 Å². The van der Waals surface area contributed by atoms with Crippen LogP contribution in [0.2, 0.25) is 0 Å². The first-order valence-electron chi connectivity index (χ1n) is 6.00. The Labute approximate surface area is 102 Å². The highest BCUT2D eigenvalue weighted by Crippen LogP contribution is 2.00. The fourth-order valence-corrected chi connectivity index (χ4v) is 1.57. The number of amides is 1. The number of ether oxygens (including phenoxy) is 1. The van der Waals surface area contributed by atoms with Crippen molar-refractivity contribution in [1.29, 1.82) is 0 Å². The molecule has 0 saturated heterocycles. The largest absolute Gasteiger partial charge is 0.369 e. The molecule has 0 aliphatic heterocycles. The second kappa shape index (κ2) is 7.06. The molecule has 1 aromatic rings. The van der Waals surface area contributed by atoms with E-state index < -0.39 is 0 Å². The van der Waals surface area contributed by atoms with Crippen LogP contribution in [0.5, 0.6) is 0 Å². The standard InChI is InChI=1S/C12H21N3O2/c1-4-17-10(2)12(16)13-7-5-6-11-8-14-15(3)9-11/h8-10H,4-7H2,1-3H3,(H,13,16). The minimum atomic E-state index is -0.363. The minimum absolute atomic E-state index is 0.0435. The molecule has 5 nitrogen and oxygen atoms in total. The van der Waals surface area contributed by atoms with E-state index in [4.69, 9.17) is 4.74 Å². The molecule has 1 heterocycles. The van der Waals surface area contributed by atoms with Gasteiger partial charge in [-0.1, -0.05) is 0 Å². The van der Waals surface area contributed by atoms with Gasteiger partial charge in [0.25, 0.3) is 0 Å². The number of aromatic nitrogens is 2. The predicted octanol–water partition coefficient (Wildman–Crippen LogP) is 0.894. The molecule has 1 amide bonds. The molecule has 0 aromatic carbocycles. The Hall–Kier alpha value is -1.36. The molecule has 0 radical (unpaired) electrons. The molecule has 1 unspecified atom stereocenters. The van der Waals surface area contributed by atoms with Crippen molar-refractivity contribution in [2.45, 2.75) is 32.8 Å². The van der Waals surface area contributed by atoms with E-state index in [2.05, 4.69) is 10.4 Å². The highest BCUT2D eigenvalue weighted by atomic mass is 16.5. The van der Waals surface area contributed by atoms with Crippen LogP contribution in [0.4, 0.5) is 0 Å². The van der Waals surface area contributed by atoms with Gasteiger partial charge in [0.1, 0.15) is 6.10 Å². The SMILES string of the molecule is CCOC(C)C(=O)NCCCc1cnn(C)c1. The van der Waals surface area contributed by atoms with E-state index in [9.17, 15) is 4.79 Å². The van der Waals surface area contributed by atoms with Crippen molar-refractivity contribution in [2.24, 2.45) is 7.05 Å². The first kappa shape index (κ1) is 13.7. The fourth-order valence-electron chi connectivity index (χ4n) is 1.57. The van der Waals surface area contributed by atoms with Crippen molar-refractivity contribution < 1.29 is 9.53 Å². The number of nitrogens with zero attached hydrogens (tertiary/aromatic N) is 2. The van der Waals surface area contributed by atoms with Crippen LogP contribution < -0.4 is 5.32 Å². The molecule has 1 aromatic heterocycles. The summed E-state index contributed by atoms with van der Waals surface area (Å²) in [5.41, 5.74) is 1.19. The van der Waals surface area contributed by atoms with Crippen molar-refractivity contribution in [3.05, 3.63) is 18.0 Å². The fraction of sp³-hybridized carbons (Fsp3) is 0.667. The van der Waals surface area contributed by atoms with E-state index in [-0.39, 0.29) is 12.0 Å². The summed E-state index contributed by atoms with van der Waals surface area (Å²) in [4.78, 5) is 11.5. The third-order valence-electron chi connectivity index (χ3n) is 2.49. The molecule has 1 atom stereocenters. The Bertz CT molecular complexity index is 349. The van der Waals surface area contributed by atoms with Crippen LogP contribution in [0.15, 0.2) is 12.4 Å². The molecule has 0 bridgehead atoms. The van der Waals surface area contributed by atoms with Gasteiger partial charge in [-0.15, -0.1) is 0 Å². The summed E-state index contributed by atoms with van der Waals surface area (Å²) in [5, 5.41) is 6.95. The van der Waals surface area contributed by atoms with Gasteiger partial charge in [-0.3, -0.25) is 9.48 Å². The Kier molecular flexibility index (Phi) is 5.69. The van der Waals surface area contributed by atoms with Crippen LogP contribution >= 0.6 is 0 Å². The quantitative estimate of drug-likeness (QED) is 0.719. The highest BCUT2D eigenvalue weighted by Gasteiger charge is 2.10. The lowest BCUT2D eigenvalue weighted by Gasteiger charge is -2.11. The average molecular weight is 239 g/mol. The third-order valence-corrected chi connectivity index (χ3v) is 2.49. The number of rotatable bonds is 7. The number of carbonyl (C=O) groups is 1. The monoisotopic (exact) mass is 239 g/mol. The summed E-state index contributed by atoms with van der Waals surface area (Å²) < 4.78 is 6.98. The van der Waals surface area contributed by atoms with Gasteiger partial charge >= 0.3 is 0 Å². The predicted molar refractivity (Wildman–Crippen MR) is 65.6 cm³/mol. The first-order chi connectivity index (χ1) is 8.13. The number of aryl methyl sites for hydroxylation is 2. The average Bonchev–Trinajstić information content (AvgIpc) is 2.70. The van der Waals surface area contributed by atoms with Gasteiger partial charge in [-0.05, 0) is 32.3 Å². The van der Waals surface area contributed by atoms with Gasteiger partial charge in [-0.2, -0.15) is 5.10 Å². The third kappa shape index (κ3) is 4.99. The van der Waals surface area contributed by atoms with Crippen LogP contribution in [0.1, 0.15) is 25.8 Å². The molecular formula is C12H21N3O2. The van der Waals surface area contributed by atoms with E-state index in [0.717, 1.165) is 12.8 Å². The molecule has 0 aliphatic carbocycles. The maximum absolute atomic E-state index is 11.5. The van der Waals surface area contributed by atoms with E-state index in [1.54, 1.807) is 11.6 Å². The van der Waals surface area contributed by atoms with Crippen molar-refractivity contribution in [1.82, 2.24) is 15.1 Å². The normalized spacial score (nSPS) is 12.4. The molecule has 0 aliphatic rings. The Morgan fingerprint density at radius 1 is 1.65 bits per heavy atom. The zero-order valence-electron chi connectivity index (χ0n) is 10.8. The van der Waals surface area contributed by atoms with E-state index >= 15 is 0 Å². The van der Waals surface area contributed by atoms with Crippen molar-refractivity contribution in [3.63, 3.8) is 0 Å². The number of carbonyl (C=O) groups excluding carboxylic acids is 1. The summed E-state index contributed by atoms with van der Waals surface area (Å²) in [7, 11) is 1.90. The summed E-state index contributed by atoms with van der Waals surface area (Å²) in [6.07, 6.45) is 5.32. The Morgan fingerprint density at radius 2 is 2.41 bits per heavy atom. The summed E-state index contributed by atoms with van der Waals surface area (Å²) in [6, 6.07) is 0. The molecule has 0 saturated carbocycles. The molecule has 17 heavy (non-hydrogen) atoms. The number of nitrogens with one attached hydrogen (secondary N) is 1. The second-order valence-corrected chi connectivity index (χ2v) is 4.01. The topological polar surface area (TPSA) is 56.1 Å². The Morgan fingerprint density at radius 3 is 3.00 bits per heavy atom. The van der Waals surface area contributed by atoms with Crippen LogP contribution in [-0.2, 0) is 23.0 Å². The van der Waals surface area contributed by atoms with Crippen LogP contribution in [0.3, 0.4) is 0 Å². The molecule has 5 heteroatoms.